The van der Waals surface area contributed by atoms with Crippen molar-refractivity contribution in [3.63, 3.8) is 0 Å². The van der Waals surface area contributed by atoms with Crippen LogP contribution in [0.5, 0.6) is 0 Å². The van der Waals surface area contributed by atoms with Crippen molar-refractivity contribution in [3.8, 4) is 11.3 Å². The van der Waals surface area contributed by atoms with Crippen LogP contribution in [-0.4, -0.2) is 72.3 Å². The third-order valence-electron chi connectivity index (χ3n) is 9.66. The molecule has 0 unspecified atom stereocenters. The SMILES string of the molecule is C=C(F)C(=O)Nc1ccc2c(-c3ccccc3CNc3nc(NC[C@H]4CCN(C(=O)OCc5oc(=O)oc5C)C[C@H]4O)nc4c(C(C)C)cnn34)nccc2c1. The minimum Gasteiger partial charge on any atom is -0.441 e. The molecule has 7 rings (SSSR count). The highest BCUT2D eigenvalue weighted by Gasteiger charge is 2.31. The first kappa shape index (κ1) is 37.7. The van der Waals surface area contributed by atoms with E-state index in [1.807, 2.05) is 36.4 Å². The number of amides is 2. The summed E-state index contributed by atoms with van der Waals surface area (Å²) >= 11 is 0. The van der Waals surface area contributed by atoms with Gasteiger partial charge in [-0.2, -0.15) is 19.6 Å². The summed E-state index contributed by atoms with van der Waals surface area (Å²) in [6.45, 7) is 9.55. The molecular weight excluding hydrogens is 725 g/mol. The van der Waals surface area contributed by atoms with Crippen molar-refractivity contribution in [2.75, 3.05) is 35.6 Å². The van der Waals surface area contributed by atoms with E-state index >= 15 is 0 Å². The second-order valence-corrected chi connectivity index (χ2v) is 13.8. The molecule has 0 bridgehead atoms. The van der Waals surface area contributed by atoms with Gasteiger partial charge in [-0.05, 0) is 48.4 Å². The molecule has 4 N–H and O–H groups in total. The number of carbonyl (C=O) groups excluding carboxylic acids is 2. The third kappa shape index (κ3) is 8.07. The number of hydrogen-bond acceptors (Lipinski definition) is 13. The molecular formula is C39H40FN9O7. The summed E-state index contributed by atoms with van der Waals surface area (Å²) in [7, 11) is 0. The fourth-order valence-electron chi connectivity index (χ4n) is 6.58. The number of β-amino-alcohol motifs (C(OH)–C–C–N with tert-alkyl or cyclic N) is 1. The fraction of sp³-hybridized carbons (Fsp3) is 0.308. The summed E-state index contributed by atoms with van der Waals surface area (Å²) in [5.41, 5.74) is 4.52. The molecule has 16 nitrogen and oxygen atoms in total. The number of anilines is 3. The minimum atomic E-state index is -1.07. The number of rotatable bonds is 12. The number of aliphatic hydroxyl groups excluding tert-OH is 1. The van der Waals surface area contributed by atoms with Gasteiger partial charge in [0.1, 0.15) is 0 Å². The molecule has 5 heterocycles. The molecule has 0 saturated carbocycles. The Bertz CT molecular complexity index is 2490. The molecule has 2 amide bonds. The van der Waals surface area contributed by atoms with Gasteiger partial charge in [-0.15, -0.1) is 0 Å². The Balaban J connectivity index is 1.06. The standard InChI is InChI=1S/C39H40FN9O7/c1-21(2)30-18-44-49-34(30)46-36(42-17-26-12-14-48(19-31(26)50)38(52)54-20-32-23(4)55-39(53)56-32)47-37(49)43-16-25-7-5-6-8-28(25)33-29-10-9-27(45-35(51)22(3)40)15-24(29)11-13-41-33/h5-11,13,15,18,21,26,31,50H,3,12,14,16-17,19-20H2,1-2,4H3,(H,45,51)(H2,42,43,46,47)/t26-,31-/m1/s1. The largest absolute Gasteiger partial charge is 0.519 e. The van der Waals surface area contributed by atoms with Crippen LogP contribution in [0.25, 0.3) is 27.7 Å². The predicted molar refractivity (Wildman–Crippen MR) is 205 cm³/mol. The minimum absolute atomic E-state index is 0.0598. The lowest BCUT2D eigenvalue weighted by Gasteiger charge is -2.35. The number of aliphatic hydroxyl groups is 1. The summed E-state index contributed by atoms with van der Waals surface area (Å²) < 4.78 is 30.0. The van der Waals surface area contributed by atoms with Gasteiger partial charge < -0.3 is 39.5 Å². The molecule has 4 aromatic heterocycles. The number of piperidine rings is 1. The molecule has 17 heteroatoms. The maximum atomic E-state index is 13.3. The second kappa shape index (κ2) is 16.0. The first-order valence-corrected chi connectivity index (χ1v) is 18.0. The number of benzene rings is 2. The number of pyridine rings is 1. The van der Waals surface area contributed by atoms with Crippen molar-refractivity contribution in [3.05, 3.63) is 107 Å². The van der Waals surface area contributed by atoms with Gasteiger partial charge >= 0.3 is 11.9 Å². The van der Waals surface area contributed by atoms with Crippen LogP contribution in [0.2, 0.25) is 0 Å². The van der Waals surface area contributed by atoms with E-state index in [9.17, 15) is 23.9 Å². The summed E-state index contributed by atoms with van der Waals surface area (Å²) in [5.74, 6) is -1.77. The summed E-state index contributed by atoms with van der Waals surface area (Å²) in [5, 5.41) is 26.5. The lowest BCUT2D eigenvalue weighted by atomic mass is 9.94. The fourth-order valence-corrected chi connectivity index (χ4v) is 6.58. The highest BCUT2D eigenvalue weighted by atomic mass is 19.1. The quantitative estimate of drug-likeness (QED) is 0.109. The summed E-state index contributed by atoms with van der Waals surface area (Å²) in [6, 6.07) is 14.9. The molecule has 1 saturated heterocycles. The molecule has 2 aromatic carbocycles. The number of nitrogens with zero attached hydrogens (tertiary/aromatic N) is 6. The van der Waals surface area contributed by atoms with Crippen molar-refractivity contribution < 1.29 is 32.7 Å². The number of aromatic nitrogens is 5. The zero-order valence-electron chi connectivity index (χ0n) is 30.9. The van der Waals surface area contributed by atoms with E-state index in [0.717, 1.165) is 33.2 Å². The Morgan fingerprint density at radius 2 is 1.95 bits per heavy atom. The number of hydrogen-bond donors (Lipinski definition) is 4. The van der Waals surface area contributed by atoms with Gasteiger partial charge in [-0.25, -0.2) is 14.0 Å². The van der Waals surface area contributed by atoms with Gasteiger partial charge in [0.2, 0.25) is 11.9 Å². The highest BCUT2D eigenvalue weighted by Crippen LogP contribution is 2.32. The van der Waals surface area contributed by atoms with Crippen LogP contribution in [-0.2, 0) is 22.7 Å². The van der Waals surface area contributed by atoms with E-state index in [2.05, 4.69) is 41.5 Å². The Morgan fingerprint density at radius 3 is 2.70 bits per heavy atom. The maximum absolute atomic E-state index is 13.3. The lowest BCUT2D eigenvalue weighted by Crippen LogP contribution is -2.48. The number of halogens is 1. The molecule has 290 valence electrons. The Morgan fingerprint density at radius 1 is 1.12 bits per heavy atom. The predicted octanol–water partition coefficient (Wildman–Crippen LogP) is 5.78. The molecule has 1 aliphatic heterocycles. The van der Waals surface area contributed by atoms with Crippen molar-refractivity contribution in [1.29, 1.82) is 0 Å². The monoisotopic (exact) mass is 765 g/mol. The Labute approximate surface area is 319 Å². The summed E-state index contributed by atoms with van der Waals surface area (Å²) in [4.78, 5) is 51.5. The third-order valence-corrected chi connectivity index (χ3v) is 9.66. The van der Waals surface area contributed by atoms with Crippen molar-refractivity contribution in [2.45, 2.75) is 52.4 Å². The van der Waals surface area contributed by atoms with Gasteiger partial charge in [-0.3, -0.25) is 9.78 Å². The Kier molecular flexibility index (Phi) is 10.8. The number of likely N-dealkylation sites (tertiary alicyclic amines) is 1. The zero-order chi connectivity index (χ0) is 39.5. The van der Waals surface area contributed by atoms with E-state index in [4.69, 9.17) is 28.5 Å². The average Bonchev–Trinajstić information content (AvgIpc) is 3.76. The van der Waals surface area contributed by atoms with Crippen LogP contribution in [0.15, 0.2) is 87.0 Å². The molecule has 6 aromatic rings. The lowest BCUT2D eigenvalue weighted by molar-refractivity contribution is -0.114. The highest BCUT2D eigenvalue weighted by molar-refractivity contribution is 6.04. The van der Waals surface area contributed by atoms with E-state index in [0.29, 0.717) is 49.3 Å². The van der Waals surface area contributed by atoms with Crippen LogP contribution >= 0.6 is 0 Å². The van der Waals surface area contributed by atoms with E-state index < -0.39 is 29.8 Å². The topological polar surface area (TPSA) is 202 Å². The van der Waals surface area contributed by atoms with Crippen LogP contribution < -0.4 is 21.8 Å². The molecule has 1 fully saturated rings. The molecule has 0 spiro atoms. The van der Waals surface area contributed by atoms with Crippen LogP contribution in [0.1, 0.15) is 48.8 Å². The smallest absolute Gasteiger partial charge is 0.441 e. The molecule has 1 aliphatic rings. The van der Waals surface area contributed by atoms with Gasteiger partial charge in [-0.1, -0.05) is 50.8 Å². The van der Waals surface area contributed by atoms with Gasteiger partial charge in [0.25, 0.3) is 5.91 Å². The van der Waals surface area contributed by atoms with Crippen LogP contribution in [0.3, 0.4) is 0 Å². The van der Waals surface area contributed by atoms with E-state index in [1.165, 1.54) is 11.8 Å². The molecule has 2 atom stereocenters. The molecule has 0 radical (unpaired) electrons. The van der Waals surface area contributed by atoms with Crippen molar-refractivity contribution in [2.24, 2.45) is 5.92 Å². The zero-order valence-corrected chi connectivity index (χ0v) is 30.9. The normalized spacial score (nSPS) is 15.6. The number of ether oxygens (including phenoxy) is 1. The van der Waals surface area contributed by atoms with Gasteiger partial charge in [0, 0.05) is 53.9 Å². The van der Waals surface area contributed by atoms with Crippen molar-refractivity contribution in [1.82, 2.24) is 29.5 Å². The van der Waals surface area contributed by atoms with Gasteiger partial charge in [0.15, 0.2) is 29.6 Å². The Hall–Kier alpha value is -6.62. The second-order valence-electron chi connectivity index (χ2n) is 13.8. The molecule has 0 aliphatic carbocycles. The number of fused-ring (bicyclic) bond motifs is 2. The van der Waals surface area contributed by atoms with Crippen LogP contribution in [0, 0.1) is 12.8 Å². The molecule has 56 heavy (non-hydrogen) atoms. The first-order valence-electron chi connectivity index (χ1n) is 18.0. The number of aryl methyl sites for hydroxylation is 1. The maximum Gasteiger partial charge on any atom is 0.519 e. The summed E-state index contributed by atoms with van der Waals surface area (Å²) in [6.07, 6.45) is 2.46. The number of nitrogens with one attached hydrogen (secondary N) is 3. The van der Waals surface area contributed by atoms with Gasteiger partial charge in [0.05, 0.1) is 24.5 Å². The van der Waals surface area contributed by atoms with E-state index in [1.54, 1.807) is 29.0 Å². The van der Waals surface area contributed by atoms with Crippen molar-refractivity contribution >= 4 is 46.0 Å². The number of carbonyl (C=O) groups is 2. The first-order chi connectivity index (χ1) is 26.9. The van der Waals surface area contributed by atoms with E-state index in [-0.39, 0.29) is 36.5 Å². The average molecular weight is 766 g/mol. The van der Waals surface area contributed by atoms with Crippen LogP contribution in [0.4, 0.5) is 26.8 Å².